The van der Waals surface area contributed by atoms with Crippen LogP contribution in [0, 0.1) is 0 Å². The van der Waals surface area contributed by atoms with Gasteiger partial charge >= 0.3 is 0 Å². The minimum Gasteiger partial charge on any atom is -0.302 e. The zero-order valence-corrected chi connectivity index (χ0v) is 15.8. The fourth-order valence-corrected chi connectivity index (χ4v) is 4.18. The molecule has 0 spiro atoms. The van der Waals surface area contributed by atoms with Crippen molar-refractivity contribution in [1.29, 1.82) is 0 Å². The van der Waals surface area contributed by atoms with Crippen molar-refractivity contribution in [2.75, 3.05) is 36.7 Å². The number of sulfonamides is 1. The first-order valence-corrected chi connectivity index (χ1v) is 10.7. The quantitative estimate of drug-likeness (QED) is 0.701. The molecule has 1 aliphatic rings. The van der Waals surface area contributed by atoms with Gasteiger partial charge < -0.3 is 4.90 Å². The van der Waals surface area contributed by atoms with E-state index >= 15 is 0 Å². The highest BCUT2D eigenvalue weighted by Gasteiger charge is 2.20. The molecule has 0 radical (unpaired) electrons. The minimum absolute atomic E-state index is 0.0693. The molecule has 2 aromatic rings. The smallest absolute Gasteiger partial charge is 0.232 e. The van der Waals surface area contributed by atoms with Crippen molar-refractivity contribution >= 4 is 21.5 Å². The Morgan fingerprint density at radius 2 is 1.54 bits per heavy atom. The first kappa shape index (κ1) is 18.6. The largest absolute Gasteiger partial charge is 0.302 e. The van der Waals surface area contributed by atoms with Crippen LogP contribution in [0.1, 0.15) is 28.8 Å². The van der Waals surface area contributed by atoms with Gasteiger partial charge in [0.1, 0.15) is 0 Å². The van der Waals surface area contributed by atoms with E-state index in [1.807, 2.05) is 18.2 Å². The summed E-state index contributed by atoms with van der Waals surface area (Å²) in [6.07, 6.45) is 3.57. The summed E-state index contributed by atoms with van der Waals surface area (Å²) in [7, 11) is -3.37. The number of carbonyl (C=O) groups is 1. The molecule has 2 aromatic carbocycles. The highest BCUT2D eigenvalue weighted by molar-refractivity contribution is 7.92. The van der Waals surface area contributed by atoms with Crippen LogP contribution in [-0.2, 0) is 10.0 Å². The molecule has 26 heavy (non-hydrogen) atoms. The Kier molecular flexibility index (Phi) is 5.74. The molecule has 1 aliphatic heterocycles. The topological polar surface area (TPSA) is 57.7 Å². The van der Waals surface area contributed by atoms with Gasteiger partial charge in [-0.05, 0) is 50.2 Å². The fraction of sp³-hybridized carbons (Fsp3) is 0.350. The van der Waals surface area contributed by atoms with E-state index in [0.29, 0.717) is 23.4 Å². The van der Waals surface area contributed by atoms with Crippen LogP contribution in [0.3, 0.4) is 0 Å². The number of hydrogen-bond acceptors (Lipinski definition) is 4. The van der Waals surface area contributed by atoms with E-state index in [9.17, 15) is 13.2 Å². The molecule has 5 nitrogen and oxygen atoms in total. The van der Waals surface area contributed by atoms with Gasteiger partial charge in [-0.15, -0.1) is 0 Å². The Labute approximate surface area is 155 Å². The predicted octanol–water partition coefficient (Wildman–Crippen LogP) is 2.78. The lowest BCUT2D eigenvalue weighted by atomic mass is 10.0. The van der Waals surface area contributed by atoms with Crippen LogP contribution >= 0.6 is 0 Å². The lowest BCUT2D eigenvalue weighted by Crippen LogP contribution is -2.37. The van der Waals surface area contributed by atoms with Gasteiger partial charge in [0, 0.05) is 24.2 Å². The zero-order chi connectivity index (χ0) is 18.6. The molecule has 6 heteroatoms. The van der Waals surface area contributed by atoms with Crippen molar-refractivity contribution in [2.24, 2.45) is 0 Å². The zero-order valence-electron chi connectivity index (χ0n) is 15.0. The summed E-state index contributed by atoms with van der Waals surface area (Å²) in [4.78, 5) is 14.8. The van der Waals surface area contributed by atoms with Crippen molar-refractivity contribution in [3.8, 4) is 0 Å². The Morgan fingerprint density at radius 1 is 0.962 bits per heavy atom. The van der Waals surface area contributed by atoms with Crippen LogP contribution in [0.5, 0.6) is 0 Å². The van der Waals surface area contributed by atoms with E-state index in [1.54, 1.807) is 36.4 Å². The maximum absolute atomic E-state index is 12.5. The molecule has 0 bridgehead atoms. The number of hydrogen-bond donors (Lipinski definition) is 0. The number of likely N-dealkylation sites (tertiary alicyclic amines) is 1. The van der Waals surface area contributed by atoms with Gasteiger partial charge in [0.2, 0.25) is 10.0 Å². The Morgan fingerprint density at radius 3 is 2.12 bits per heavy atom. The Bertz CT molecular complexity index is 842. The van der Waals surface area contributed by atoms with E-state index in [2.05, 4.69) is 4.90 Å². The molecule has 0 saturated carbocycles. The van der Waals surface area contributed by atoms with E-state index in [-0.39, 0.29) is 5.78 Å². The van der Waals surface area contributed by atoms with Crippen molar-refractivity contribution < 1.29 is 13.2 Å². The second kappa shape index (κ2) is 8.01. The van der Waals surface area contributed by atoms with Crippen LogP contribution in [0.4, 0.5) is 5.69 Å². The molecule has 1 fully saturated rings. The third-order valence-corrected chi connectivity index (χ3v) is 5.87. The summed E-state index contributed by atoms with van der Waals surface area (Å²) in [6.45, 7) is 3.20. The summed E-state index contributed by atoms with van der Waals surface area (Å²) >= 11 is 0. The molecule has 0 unspecified atom stereocenters. The monoisotopic (exact) mass is 372 g/mol. The maximum atomic E-state index is 12.5. The third-order valence-electron chi connectivity index (χ3n) is 4.67. The Hall–Kier alpha value is -2.18. The number of ketones is 1. The second-order valence-corrected chi connectivity index (χ2v) is 8.53. The van der Waals surface area contributed by atoms with Gasteiger partial charge in [0.25, 0.3) is 0 Å². The number of carbonyl (C=O) groups excluding carboxylic acids is 1. The van der Waals surface area contributed by atoms with Gasteiger partial charge in [-0.25, -0.2) is 8.42 Å². The van der Waals surface area contributed by atoms with Gasteiger partial charge in [-0.1, -0.05) is 30.3 Å². The summed E-state index contributed by atoms with van der Waals surface area (Å²) in [5, 5.41) is 0. The van der Waals surface area contributed by atoms with Crippen LogP contribution < -0.4 is 4.31 Å². The standard InChI is InChI=1S/C20H24N2O3S/c1-26(24,25)22(16-15-21-13-5-6-14-21)19-11-9-18(10-12-19)20(23)17-7-3-2-4-8-17/h2-4,7-12H,5-6,13-16H2,1H3. The van der Waals surface area contributed by atoms with E-state index in [0.717, 1.165) is 19.6 Å². The van der Waals surface area contributed by atoms with Crippen molar-refractivity contribution in [3.63, 3.8) is 0 Å². The molecular weight excluding hydrogens is 348 g/mol. The summed E-state index contributed by atoms with van der Waals surface area (Å²) in [5.74, 6) is -0.0693. The van der Waals surface area contributed by atoms with Crippen LogP contribution in [-0.4, -0.2) is 51.5 Å². The SMILES string of the molecule is CS(=O)(=O)N(CCN1CCCC1)c1ccc(C(=O)c2ccccc2)cc1. The minimum atomic E-state index is -3.37. The molecule has 0 atom stereocenters. The van der Waals surface area contributed by atoms with E-state index in [1.165, 1.54) is 23.4 Å². The van der Waals surface area contributed by atoms with Crippen LogP contribution in [0.2, 0.25) is 0 Å². The number of anilines is 1. The lowest BCUT2D eigenvalue weighted by Gasteiger charge is -2.25. The fourth-order valence-electron chi connectivity index (χ4n) is 3.26. The predicted molar refractivity (Wildman–Crippen MR) is 104 cm³/mol. The number of benzene rings is 2. The first-order chi connectivity index (χ1) is 12.4. The molecule has 0 aromatic heterocycles. The molecule has 1 saturated heterocycles. The van der Waals surface area contributed by atoms with Crippen molar-refractivity contribution in [2.45, 2.75) is 12.8 Å². The van der Waals surface area contributed by atoms with Crippen molar-refractivity contribution in [1.82, 2.24) is 4.90 Å². The van der Waals surface area contributed by atoms with Crippen LogP contribution in [0.15, 0.2) is 54.6 Å². The number of rotatable bonds is 7. The number of nitrogens with zero attached hydrogens (tertiary/aromatic N) is 2. The summed E-state index contributed by atoms with van der Waals surface area (Å²) in [6, 6.07) is 15.9. The molecule has 0 amide bonds. The molecule has 138 valence electrons. The Balaban J connectivity index is 1.76. The van der Waals surface area contributed by atoms with Crippen molar-refractivity contribution in [3.05, 3.63) is 65.7 Å². The normalized spacial score (nSPS) is 15.1. The third kappa shape index (κ3) is 4.51. The lowest BCUT2D eigenvalue weighted by molar-refractivity contribution is 0.103. The van der Waals surface area contributed by atoms with Gasteiger partial charge in [-0.3, -0.25) is 9.10 Å². The van der Waals surface area contributed by atoms with E-state index < -0.39 is 10.0 Å². The molecular formula is C20H24N2O3S. The van der Waals surface area contributed by atoms with E-state index in [4.69, 9.17) is 0 Å². The summed E-state index contributed by atoms with van der Waals surface area (Å²) in [5.41, 5.74) is 1.76. The molecule has 0 N–H and O–H groups in total. The van der Waals surface area contributed by atoms with Gasteiger partial charge in [0.15, 0.2) is 5.78 Å². The molecule has 3 rings (SSSR count). The highest BCUT2D eigenvalue weighted by Crippen LogP contribution is 2.20. The second-order valence-electron chi connectivity index (χ2n) is 6.63. The maximum Gasteiger partial charge on any atom is 0.232 e. The highest BCUT2D eigenvalue weighted by atomic mass is 32.2. The van der Waals surface area contributed by atoms with Gasteiger partial charge in [0.05, 0.1) is 11.9 Å². The first-order valence-electron chi connectivity index (χ1n) is 8.85. The average molecular weight is 372 g/mol. The average Bonchev–Trinajstić information content (AvgIpc) is 3.15. The van der Waals surface area contributed by atoms with Crippen LogP contribution in [0.25, 0.3) is 0 Å². The molecule has 0 aliphatic carbocycles. The molecule has 1 heterocycles. The summed E-state index contributed by atoms with van der Waals surface area (Å²) < 4.78 is 25.9. The van der Waals surface area contributed by atoms with Gasteiger partial charge in [-0.2, -0.15) is 0 Å².